The first kappa shape index (κ1) is 13.4. The highest BCUT2D eigenvalue weighted by molar-refractivity contribution is 5.71. The Hall–Kier alpha value is -0.690. The van der Waals surface area contributed by atoms with Crippen molar-refractivity contribution >= 4 is 5.97 Å². The van der Waals surface area contributed by atoms with Crippen LogP contribution in [0.1, 0.15) is 6.92 Å². The lowest BCUT2D eigenvalue weighted by Gasteiger charge is -2.37. The van der Waals surface area contributed by atoms with Gasteiger partial charge in [-0.05, 0) is 6.92 Å². The van der Waals surface area contributed by atoms with E-state index in [9.17, 15) is 15.0 Å². The summed E-state index contributed by atoms with van der Waals surface area (Å²) in [4.78, 5) is 12.9. The van der Waals surface area contributed by atoms with Crippen molar-refractivity contribution in [2.24, 2.45) is 5.92 Å². The minimum atomic E-state index is -0.930. The molecule has 1 fully saturated rings. The summed E-state index contributed by atoms with van der Waals surface area (Å²) in [5.41, 5.74) is 0. The van der Waals surface area contributed by atoms with Crippen molar-refractivity contribution in [2.45, 2.75) is 19.1 Å². The molecule has 0 amide bonds. The maximum atomic E-state index is 11.2. The second kappa shape index (κ2) is 6.15. The Kier molecular flexibility index (Phi) is 5.14. The lowest BCUT2D eigenvalue weighted by Crippen LogP contribution is -2.54. The van der Waals surface area contributed by atoms with Crippen molar-refractivity contribution in [3.05, 3.63) is 0 Å². The van der Waals surface area contributed by atoms with Crippen LogP contribution in [0.15, 0.2) is 0 Å². The standard InChI is InChI=1S/C10H19NO5/c1-2-16-9(14)5-11-3-7(6-12)10(15)8(13)4-11/h7-8,10,12-13,15H,2-6H2,1H3. The Morgan fingerprint density at radius 3 is 2.69 bits per heavy atom. The van der Waals surface area contributed by atoms with Gasteiger partial charge in [-0.15, -0.1) is 0 Å². The monoisotopic (exact) mass is 233 g/mol. The number of aliphatic hydroxyl groups is 3. The molecule has 94 valence electrons. The van der Waals surface area contributed by atoms with Crippen molar-refractivity contribution < 1.29 is 24.9 Å². The number of likely N-dealkylation sites (tertiary alicyclic amines) is 1. The SMILES string of the molecule is CCOC(=O)CN1CC(O)C(O)C(CO)C1. The molecule has 16 heavy (non-hydrogen) atoms. The summed E-state index contributed by atoms with van der Waals surface area (Å²) in [7, 11) is 0. The molecule has 1 rings (SSSR count). The summed E-state index contributed by atoms with van der Waals surface area (Å²) >= 11 is 0. The maximum absolute atomic E-state index is 11.2. The van der Waals surface area contributed by atoms with E-state index in [0.29, 0.717) is 13.2 Å². The van der Waals surface area contributed by atoms with Crippen molar-refractivity contribution in [2.75, 3.05) is 32.8 Å². The van der Waals surface area contributed by atoms with Gasteiger partial charge in [0, 0.05) is 25.6 Å². The fourth-order valence-corrected chi connectivity index (χ4v) is 1.88. The highest BCUT2D eigenvalue weighted by Crippen LogP contribution is 2.17. The fourth-order valence-electron chi connectivity index (χ4n) is 1.88. The normalized spacial score (nSPS) is 31.4. The molecule has 3 atom stereocenters. The molecule has 1 aliphatic heterocycles. The van der Waals surface area contributed by atoms with Crippen molar-refractivity contribution in [1.82, 2.24) is 4.90 Å². The molecule has 0 bridgehead atoms. The number of esters is 1. The van der Waals surface area contributed by atoms with Gasteiger partial charge in [-0.25, -0.2) is 0 Å². The van der Waals surface area contributed by atoms with Crippen LogP contribution in [0.5, 0.6) is 0 Å². The summed E-state index contributed by atoms with van der Waals surface area (Å²) in [6.45, 7) is 2.51. The first-order valence-corrected chi connectivity index (χ1v) is 5.43. The van der Waals surface area contributed by atoms with Crippen LogP contribution in [0.3, 0.4) is 0 Å². The number of hydrogen-bond acceptors (Lipinski definition) is 6. The quantitative estimate of drug-likeness (QED) is 0.496. The molecule has 0 aromatic heterocycles. The average Bonchev–Trinajstić information content (AvgIpc) is 2.23. The smallest absolute Gasteiger partial charge is 0.320 e. The van der Waals surface area contributed by atoms with Crippen LogP contribution in [-0.4, -0.2) is 71.2 Å². The van der Waals surface area contributed by atoms with Crippen LogP contribution in [-0.2, 0) is 9.53 Å². The molecule has 0 spiro atoms. The minimum absolute atomic E-state index is 0.0775. The molecular formula is C10H19NO5. The maximum Gasteiger partial charge on any atom is 0.320 e. The van der Waals surface area contributed by atoms with E-state index in [1.165, 1.54) is 0 Å². The summed E-state index contributed by atoms with van der Waals surface area (Å²) in [5, 5.41) is 28.1. The molecule has 0 radical (unpaired) electrons. The van der Waals surface area contributed by atoms with Gasteiger partial charge in [-0.1, -0.05) is 0 Å². The molecule has 1 aliphatic rings. The van der Waals surface area contributed by atoms with Gasteiger partial charge in [0.2, 0.25) is 0 Å². The lowest BCUT2D eigenvalue weighted by molar-refractivity contribution is -0.148. The number of piperidine rings is 1. The number of β-amino-alcohol motifs (C(OH)–C–C–N with tert-alkyl or cyclic N) is 1. The Balaban J connectivity index is 2.47. The molecule has 0 aromatic carbocycles. The van der Waals surface area contributed by atoms with E-state index >= 15 is 0 Å². The number of carbonyl (C=O) groups excluding carboxylic acids is 1. The topological polar surface area (TPSA) is 90.2 Å². The van der Waals surface area contributed by atoms with Crippen molar-refractivity contribution in [3.8, 4) is 0 Å². The van der Waals surface area contributed by atoms with Gasteiger partial charge in [0.25, 0.3) is 0 Å². The molecule has 6 heteroatoms. The van der Waals surface area contributed by atoms with Gasteiger partial charge in [-0.3, -0.25) is 9.69 Å². The van der Waals surface area contributed by atoms with E-state index in [0.717, 1.165) is 0 Å². The first-order chi connectivity index (χ1) is 7.58. The van der Waals surface area contributed by atoms with Gasteiger partial charge >= 0.3 is 5.97 Å². The van der Waals surface area contributed by atoms with Crippen LogP contribution in [0.4, 0.5) is 0 Å². The molecule has 0 aromatic rings. The first-order valence-electron chi connectivity index (χ1n) is 5.43. The molecular weight excluding hydrogens is 214 g/mol. The van der Waals surface area contributed by atoms with E-state index in [2.05, 4.69) is 0 Å². The fraction of sp³-hybridized carbons (Fsp3) is 0.900. The van der Waals surface area contributed by atoms with E-state index in [4.69, 9.17) is 9.84 Å². The summed E-state index contributed by atoms with van der Waals surface area (Å²) < 4.78 is 4.79. The molecule has 3 unspecified atom stereocenters. The van der Waals surface area contributed by atoms with E-state index in [1.807, 2.05) is 0 Å². The van der Waals surface area contributed by atoms with Crippen LogP contribution >= 0.6 is 0 Å². The third-order valence-electron chi connectivity index (χ3n) is 2.71. The van der Waals surface area contributed by atoms with Crippen molar-refractivity contribution in [3.63, 3.8) is 0 Å². The van der Waals surface area contributed by atoms with Crippen LogP contribution in [0.25, 0.3) is 0 Å². The molecule has 1 saturated heterocycles. The Bertz CT molecular complexity index is 235. The third-order valence-corrected chi connectivity index (χ3v) is 2.71. The predicted octanol–water partition coefficient (Wildman–Crippen LogP) is -1.80. The number of hydrogen-bond donors (Lipinski definition) is 3. The number of nitrogens with zero attached hydrogens (tertiary/aromatic N) is 1. The summed E-state index contributed by atoms with van der Waals surface area (Å²) in [6.07, 6.45) is -1.86. The lowest BCUT2D eigenvalue weighted by atomic mass is 9.93. The third kappa shape index (κ3) is 3.41. The Morgan fingerprint density at radius 1 is 1.44 bits per heavy atom. The minimum Gasteiger partial charge on any atom is -0.465 e. The number of aliphatic hydroxyl groups excluding tert-OH is 3. The second-order valence-corrected chi connectivity index (χ2v) is 4.00. The number of rotatable bonds is 4. The Labute approximate surface area is 94.4 Å². The molecule has 0 aliphatic carbocycles. The number of carbonyl (C=O) groups is 1. The van der Waals surface area contributed by atoms with Crippen LogP contribution < -0.4 is 0 Å². The number of ether oxygens (including phenoxy) is 1. The van der Waals surface area contributed by atoms with Gasteiger partial charge in [-0.2, -0.15) is 0 Å². The second-order valence-electron chi connectivity index (χ2n) is 4.00. The zero-order chi connectivity index (χ0) is 12.1. The van der Waals surface area contributed by atoms with E-state index in [-0.39, 0.29) is 25.7 Å². The Morgan fingerprint density at radius 2 is 2.12 bits per heavy atom. The molecule has 6 nitrogen and oxygen atoms in total. The zero-order valence-corrected chi connectivity index (χ0v) is 9.37. The van der Waals surface area contributed by atoms with Gasteiger partial charge in [0.15, 0.2) is 0 Å². The predicted molar refractivity (Wildman–Crippen MR) is 55.7 cm³/mol. The average molecular weight is 233 g/mol. The molecule has 1 heterocycles. The summed E-state index contributed by atoms with van der Waals surface area (Å²) in [5.74, 6) is -0.777. The van der Waals surface area contributed by atoms with Gasteiger partial charge in [0.05, 0.1) is 25.4 Å². The van der Waals surface area contributed by atoms with Gasteiger partial charge < -0.3 is 20.1 Å². The van der Waals surface area contributed by atoms with Crippen LogP contribution in [0, 0.1) is 5.92 Å². The zero-order valence-electron chi connectivity index (χ0n) is 9.37. The van der Waals surface area contributed by atoms with Crippen molar-refractivity contribution in [1.29, 1.82) is 0 Å². The van der Waals surface area contributed by atoms with Gasteiger partial charge in [0.1, 0.15) is 0 Å². The largest absolute Gasteiger partial charge is 0.465 e. The molecule has 0 saturated carbocycles. The van der Waals surface area contributed by atoms with E-state index < -0.39 is 18.1 Å². The molecule has 3 N–H and O–H groups in total. The highest BCUT2D eigenvalue weighted by atomic mass is 16.5. The highest BCUT2D eigenvalue weighted by Gasteiger charge is 2.34. The van der Waals surface area contributed by atoms with E-state index in [1.54, 1.807) is 11.8 Å². The van der Waals surface area contributed by atoms with Crippen LogP contribution in [0.2, 0.25) is 0 Å². The summed E-state index contributed by atoms with van der Waals surface area (Å²) in [6, 6.07) is 0.